The second-order valence-electron chi connectivity index (χ2n) is 6.49. The van der Waals surface area contributed by atoms with Gasteiger partial charge in [-0.05, 0) is 38.5 Å². The fourth-order valence-corrected chi connectivity index (χ4v) is 3.06. The third kappa shape index (κ3) is 5.30. The maximum absolute atomic E-state index is 12.5. The van der Waals surface area contributed by atoms with Gasteiger partial charge in [-0.15, -0.1) is 0 Å². The van der Waals surface area contributed by atoms with Gasteiger partial charge in [0.1, 0.15) is 6.04 Å². The van der Waals surface area contributed by atoms with E-state index >= 15 is 0 Å². The molecule has 1 heterocycles. The van der Waals surface area contributed by atoms with Crippen molar-refractivity contribution in [3.05, 3.63) is 0 Å². The van der Waals surface area contributed by atoms with Crippen LogP contribution < -0.4 is 5.73 Å². The molecule has 0 bridgehead atoms. The van der Waals surface area contributed by atoms with E-state index in [0.717, 1.165) is 32.1 Å². The van der Waals surface area contributed by atoms with E-state index in [0.29, 0.717) is 18.9 Å². The van der Waals surface area contributed by atoms with E-state index in [-0.39, 0.29) is 17.9 Å². The number of rotatable bonds is 7. The summed E-state index contributed by atoms with van der Waals surface area (Å²) in [6, 6.07) is -0.494. The maximum atomic E-state index is 12.5. The van der Waals surface area contributed by atoms with Crippen molar-refractivity contribution in [3.63, 3.8) is 0 Å². The largest absolute Gasteiger partial charge is 0.480 e. The van der Waals surface area contributed by atoms with Gasteiger partial charge in [0.05, 0.1) is 0 Å². The minimum absolute atomic E-state index is 0.0124. The Bertz CT molecular complexity index is 357. The monoisotopic (exact) mass is 298 g/mol. The lowest BCUT2D eigenvalue weighted by Crippen LogP contribution is -2.51. The van der Waals surface area contributed by atoms with Crippen LogP contribution in [0.1, 0.15) is 59.3 Å². The summed E-state index contributed by atoms with van der Waals surface area (Å²) in [7, 11) is 0. The molecule has 4 unspecified atom stereocenters. The van der Waals surface area contributed by atoms with Gasteiger partial charge >= 0.3 is 5.97 Å². The van der Waals surface area contributed by atoms with E-state index in [1.165, 1.54) is 0 Å². The molecule has 0 aromatic rings. The van der Waals surface area contributed by atoms with Gasteiger partial charge in [-0.1, -0.05) is 26.7 Å². The van der Waals surface area contributed by atoms with E-state index in [2.05, 4.69) is 6.92 Å². The molecule has 1 saturated heterocycles. The number of carbonyl (C=O) groups is 2. The Morgan fingerprint density at radius 1 is 1.33 bits per heavy atom. The first kappa shape index (κ1) is 18.0. The van der Waals surface area contributed by atoms with Gasteiger partial charge < -0.3 is 15.7 Å². The van der Waals surface area contributed by atoms with Gasteiger partial charge in [-0.3, -0.25) is 4.79 Å². The summed E-state index contributed by atoms with van der Waals surface area (Å²) in [6.45, 7) is 6.51. The Labute approximate surface area is 127 Å². The minimum atomic E-state index is -0.871. The lowest BCUT2D eigenvalue weighted by molar-refractivity contribution is -0.155. The molecule has 0 saturated carbocycles. The van der Waals surface area contributed by atoms with Crippen LogP contribution in [0.5, 0.6) is 0 Å². The third-order valence-corrected chi connectivity index (χ3v) is 4.57. The Hall–Kier alpha value is -1.10. The number of nitrogens with two attached hydrogens (primary N) is 1. The molecule has 4 atom stereocenters. The average Bonchev–Trinajstić information content (AvgIpc) is 2.45. The molecule has 5 nitrogen and oxygen atoms in total. The van der Waals surface area contributed by atoms with Crippen molar-refractivity contribution in [3.8, 4) is 0 Å². The molecular weight excluding hydrogens is 268 g/mol. The molecule has 0 aliphatic carbocycles. The summed E-state index contributed by atoms with van der Waals surface area (Å²) in [5.74, 6) is -0.585. The standard InChI is InChI=1S/C16H30N2O3/c1-4-13-8-9-18(14(10-13)16(20)21)15(19)11(2)6-5-7-12(3)17/h11-14H,4-10,17H2,1-3H3,(H,20,21). The molecule has 1 amide bonds. The molecule has 1 aliphatic heterocycles. The van der Waals surface area contributed by atoms with Gasteiger partial charge in [0.25, 0.3) is 0 Å². The predicted octanol–water partition coefficient (Wildman–Crippen LogP) is 2.24. The number of hydrogen-bond donors (Lipinski definition) is 2. The second-order valence-corrected chi connectivity index (χ2v) is 6.49. The lowest BCUT2D eigenvalue weighted by Gasteiger charge is -2.38. The fourth-order valence-electron chi connectivity index (χ4n) is 3.06. The number of carboxylic acids is 1. The molecule has 0 radical (unpaired) electrons. The highest BCUT2D eigenvalue weighted by Gasteiger charge is 2.36. The molecule has 0 aromatic heterocycles. The van der Waals surface area contributed by atoms with Crippen LogP contribution in [-0.4, -0.2) is 40.5 Å². The fraction of sp³-hybridized carbons (Fsp3) is 0.875. The van der Waals surface area contributed by atoms with Crippen LogP contribution in [0.2, 0.25) is 0 Å². The van der Waals surface area contributed by atoms with Gasteiger partial charge in [0.15, 0.2) is 0 Å². The zero-order chi connectivity index (χ0) is 16.0. The smallest absolute Gasteiger partial charge is 0.326 e. The number of carboxylic acid groups (broad SMARTS) is 1. The summed E-state index contributed by atoms with van der Waals surface area (Å²) in [5.41, 5.74) is 5.72. The predicted molar refractivity (Wildman–Crippen MR) is 82.8 cm³/mol. The molecule has 122 valence electrons. The van der Waals surface area contributed by atoms with E-state index in [9.17, 15) is 14.7 Å². The topological polar surface area (TPSA) is 83.6 Å². The van der Waals surface area contributed by atoms with E-state index in [1.54, 1.807) is 4.90 Å². The van der Waals surface area contributed by atoms with Crippen LogP contribution in [0.4, 0.5) is 0 Å². The first-order valence-corrected chi connectivity index (χ1v) is 8.15. The van der Waals surface area contributed by atoms with Crippen molar-refractivity contribution < 1.29 is 14.7 Å². The summed E-state index contributed by atoms with van der Waals surface area (Å²) in [6.07, 6.45) is 5.07. The minimum Gasteiger partial charge on any atom is -0.480 e. The number of amides is 1. The molecule has 1 aliphatic rings. The van der Waals surface area contributed by atoms with Gasteiger partial charge in [-0.2, -0.15) is 0 Å². The highest BCUT2D eigenvalue weighted by molar-refractivity contribution is 5.85. The summed E-state index contributed by atoms with van der Waals surface area (Å²) in [5, 5.41) is 9.39. The zero-order valence-electron chi connectivity index (χ0n) is 13.5. The first-order valence-electron chi connectivity index (χ1n) is 8.15. The number of piperidine rings is 1. The highest BCUT2D eigenvalue weighted by Crippen LogP contribution is 2.27. The number of aliphatic carboxylic acids is 1. The number of likely N-dealkylation sites (tertiary alicyclic amines) is 1. The van der Waals surface area contributed by atoms with Gasteiger partial charge in [0.2, 0.25) is 5.91 Å². The number of carbonyl (C=O) groups excluding carboxylic acids is 1. The van der Waals surface area contributed by atoms with E-state index in [1.807, 2.05) is 13.8 Å². The van der Waals surface area contributed by atoms with Crippen molar-refractivity contribution in [2.45, 2.75) is 71.4 Å². The molecule has 1 fully saturated rings. The quantitative estimate of drug-likeness (QED) is 0.755. The second kappa shape index (κ2) is 8.37. The first-order chi connectivity index (χ1) is 9.86. The van der Waals surface area contributed by atoms with Crippen molar-refractivity contribution >= 4 is 11.9 Å². The molecule has 1 rings (SSSR count). The normalized spacial score (nSPS) is 25.4. The Balaban J connectivity index is 2.59. The van der Waals surface area contributed by atoms with Crippen LogP contribution in [-0.2, 0) is 9.59 Å². The van der Waals surface area contributed by atoms with Crippen LogP contribution in [0.25, 0.3) is 0 Å². The average molecular weight is 298 g/mol. The third-order valence-electron chi connectivity index (χ3n) is 4.57. The summed E-state index contributed by atoms with van der Waals surface area (Å²) in [4.78, 5) is 25.5. The lowest BCUT2D eigenvalue weighted by atomic mass is 9.87. The zero-order valence-corrected chi connectivity index (χ0v) is 13.5. The van der Waals surface area contributed by atoms with Crippen molar-refractivity contribution in [2.24, 2.45) is 17.6 Å². The molecule has 0 aromatic carbocycles. The number of hydrogen-bond acceptors (Lipinski definition) is 3. The van der Waals surface area contributed by atoms with E-state index < -0.39 is 12.0 Å². The summed E-state index contributed by atoms with van der Waals surface area (Å²) < 4.78 is 0. The van der Waals surface area contributed by atoms with Gasteiger partial charge in [0, 0.05) is 18.5 Å². The molecule has 21 heavy (non-hydrogen) atoms. The van der Waals surface area contributed by atoms with Crippen LogP contribution in [0.15, 0.2) is 0 Å². The Morgan fingerprint density at radius 2 is 2.00 bits per heavy atom. The van der Waals surface area contributed by atoms with Crippen molar-refractivity contribution in [2.75, 3.05) is 6.54 Å². The molecule has 3 N–H and O–H groups in total. The molecule has 5 heteroatoms. The van der Waals surface area contributed by atoms with Gasteiger partial charge in [-0.25, -0.2) is 4.79 Å². The van der Waals surface area contributed by atoms with Crippen LogP contribution in [0.3, 0.4) is 0 Å². The highest BCUT2D eigenvalue weighted by atomic mass is 16.4. The van der Waals surface area contributed by atoms with E-state index in [4.69, 9.17) is 5.73 Å². The SMILES string of the molecule is CCC1CCN(C(=O)C(C)CCCC(C)N)C(C(=O)O)C1. The van der Waals surface area contributed by atoms with Crippen LogP contribution >= 0.6 is 0 Å². The molecular formula is C16H30N2O3. The summed E-state index contributed by atoms with van der Waals surface area (Å²) >= 11 is 0. The van der Waals surface area contributed by atoms with Crippen molar-refractivity contribution in [1.82, 2.24) is 4.90 Å². The van der Waals surface area contributed by atoms with Crippen LogP contribution in [0, 0.1) is 11.8 Å². The maximum Gasteiger partial charge on any atom is 0.326 e. The number of nitrogens with zero attached hydrogens (tertiary/aromatic N) is 1. The molecule has 0 spiro atoms. The van der Waals surface area contributed by atoms with Crippen molar-refractivity contribution in [1.29, 1.82) is 0 Å². The Kier molecular flexibility index (Phi) is 7.15. The Morgan fingerprint density at radius 3 is 2.52 bits per heavy atom.